The summed E-state index contributed by atoms with van der Waals surface area (Å²) >= 11 is 0. The number of nitrogens with one attached hydrogen (secondary N) is 2. The van der Waals surface area contributed by atoms with Gasteiger partial charge >= 0.3 is 6.18 Å². The highest BCUT2D eigenvalue weighted by molar-refractivity contribution is 5.91. The Balaban J connectivity index is 2.23. The zero-order valence-electron chi connectivity index (χ0n) is 16.5. The van der Waals surface area contributed by atoms with Gasteiger partial charge in [-0.3, -0.25) is 14.4 Å². The summed E-state index contributed by atoms with van der Waals surface area (Å²) in [5.74, 6) is -2.99. The van der Waals surface area contributed by atoms with Crippen LogP contribution in [0, 0.1) is 5.82 Å². The minimum Gasteiger partial charge on any atom is -0.368 e. The van der Waals surface area contributed by atoms with Gasteiger partial charge in [-0.15, -0.1) is 0 Å². The van der Waals surface area contributed by atoms with Crippen LogP contribution in [0.1, 0.15) is 23.6 Å². The smallest absolute Gasteiger partial charge is 0.368 e. The van der Waals surface area contributed by atoms with E-state index in [1.807, 2.05) is 0 Å². The van der Waals surface area contributed by atoms with Crippen LogP contribution in [-0.2, 0) is 33.4 Å². The predicted molar refractivity (Wildman–Crippen MR) is 104 cm³/mol. The average Bonchev–Trinajstić information content (AvgIpc) is 2.66. The Morgan fingerprint density at radius 1 is 0.968 bits per heavy atom. The molecule has 2 rings (SSSR count). The SMILES string of the molecule is CC(=O)N[C@@H](Cc1cccc(F)c1)C(=O)N[C@H](Cc1ccccc1C(F)(F)F)C(N)=O. The zero-order valence-corrected chi connectivity index (χ0v) is 16.5. The number of halogens is 4. The van der Waals surface area contributed by atoms with Crippen LogP contribution in [-0.4, -0.2) is 29.8 Å². The Labute approximate surface area is 175 Å². The quantitative estimate of drug-likeness (QED) is 0.549. The number of primary amides is 1. The van der Waals surface area contributed by atoms with Gasteiger partial charge in [-0.25, -0.2) is 4.39 Å². The third-order valence-electron chi connectivity index (χ3n) is 4.43. The third-order valence-corrected chi connectivity index (χ3v) is 4.43. The highest BCUT2D eigenvalue weighted by Gasteiger charge is 2.34. The molecule has 0 aliphatic heterocycles. The molecule has 10 heteroatoms. The summed E-state index contributed by atoms with van der Waals surface area (Å²) in [6, 6.07) is 7.31. The van der Waals surface area contributed by atoms with E-state index >= 15 is 0 Å². The van der Waals surface area contributed by atoms with Gasteiger partial charge in [0.15, 0.2) is 0 Å². The maximum Gasteiger partial charge on any atom is 0.416 e. The first-order valence-electron chi connectivity index (χ1n) is 9.23. The first-order chi connectivity index (χ1) is 14.5. The second-order valence-electron chi connectivity index (χ2n) is 6.91. The molecule has 0 saturated heterocycles. The molecule has 2 aromatic carbocycles. The lowest BCUT2D eigenvalue weighted by molar-refractivity contribution is -0.138. The summed E-state index contributed by atoms with van der Waals surface area (Å²) in [6.07, 6.45) is -5.25. The van der Waals surface area contributed by atoms with E-state index in [4.69, 9.17) is 5.73 Å². The molecule has 0 saturated carbocycles. The van der Waals surface area contributed by atoms with Crippen LogP contribution in [0.15, 0.2) is 48.5 Å². The Hall–Kier alpha value is -3.43. The number of alkyl halides is 3. The summed E-state index contributed by atoms with van der Waals surface area (Å²) in [7, 11) is 0. The van der Waals surface area contributed by atoms with Crippen molar-refractivity contribution in [1.29, 1.82) is 0 Å². The predicted octanol–water partition coefficient (Wildman–Crippen LogP) is 2.10. The van der Waals surface area contributed by atoms with Crippen LogP contribution < -0.4 is 16.4 Å². The summed E-state index contributed by atoms with van der Waals surface area (Å²) in [5, 5.41) is 4.68. The fraction of sp³-hybridized carbons (Fsp3) is 0.286. The number of amides is 3. The van der Waals surface area contributed by atoms with Gasteiger partial charge in [-0.2, -0.15) is 13.2 Å². The Kier molecular flexibility index (Phi) is 7.73. The second kappa shape index (κ2) is 10.1. The Bertz CT molecular complexity index is 963. The number of nitrogens with two attached hydrogens (primary N) is 1. The van der Waals surface area contributed by atoms with Crippen molar-refractivity contribution in [1.82, 2.24) is 10.6 Å². The van der Waals surface area contributed by atoms with Crippen molar-refractivity contribution in [2.75, 3.05) is 0 Å². The summed E-state index contributed by atoms with van der Waals surface area (Å²) < 4.78 is 53.1. The van der Waals surface area contributed by atoms with E-state index in [-0.39, 0.29) is 12.0 Å². The zero-order chi connectivity index (χ0) is 23.2. The molecule has 0 aliphatic carbocycles. The number of carbonyl (C=O) groups is 3. The molecular weight excluding hydrogens is 418 g/mol. The lowest BCUT2D eigenvalue weighted by Gasteiger charge is -2.23. The number of rotatable bonds is 8. The fourth-order valence-corrected chi connectivity index (χ4v) is 3.04. The van der Waals surface area contributed by atoms with E-state index in [0.29, 0.717) is 5.56 Å². The van der Waals surface area contributed by atoms with Crippen molar-refractivity contribution in [2.45, 2.75) is 38.0 Å². The number of carbonyl (C=O) groups excluding carboxylic acids is 3. The molecule has 166 valence electrons. The van der Waals surface area contributed by atoms with E-state index in [9.17, 15) is 31.9 Å². The van der Waals surface area contributed by atoms with Crippen molar-refractivity contribution in [3.8, 4) is 0 Å². The molecule has 0 heterocycles. The molecule has 31 heavy (non-hydrogen) atoms. The topological polar surface area (TPSA) is 101 Å². The second-order valence-corrected chi connectivity index (χ2v) is 6.91. The molecule has 0 fully saturated rings. The van der Waals surface area contributed by atoms with E-state index in [1.165, 1.54) is 42.5 Å². The van der Waals surface area contributed by atoms with Gasteiger partial charge in [-0.05, 0) is 29.3 Å². The minimum absolute atomic E-state index is 0.103. The molecule has 0 bridgehead atoms. The molecular formula is C21H21F4N3O3. The van der Waals surface area contributed by atoms with Crippen molar-refractivity contribution in [3.63, 3.8) is 0 Å². The van der Waals surface area contributed by atoms with Crippen LogP contribution >= 0.6 is 0 Å². The van der Waals surface area contributed by atoms with Gasteiger partial charge < -0.3 is 16.4 Å². The van der Waals surface area contributed by atoms with Gasteiger partial charge in [0, 0.05) is 19.8 Å². The lowest BCUT2D eigenvalue weighted by atomic mass is 9.98. The van der Waals surface area contributed by atoms with Gasteiger partial charge in [0.05, 0.1) is 5.56 Å². The maximum absolute atomic E-state index is 13.4. The number of hydrogen-bond acceptors (Lipinski definition) is 3. The first kappa shape index (κ1) is 23.8. The third kappa shape index (κ3) is 7.09. The molecule has 0 radical (unpaired) electrons. The molecule has 0 aliphatic rings. The normalized spacial score (nSPS) is 13.2. The maximum atomic E-state index is 13.4. The van der Waals surface area contributed by atoms with Crippen LogP contribution in [0.3, 0.4) is 0 Å². The van der Waals surface area contributed by atoms with E-state index in [2.05, 4.69) is 10.6 Å². The molecule has 0 aromatic heterocycles. The largest absolute Gasteiger partial charge is 0.416 e. The molecule has 4 N–H and O–H groups in total. The standard InChI is InChI=1S/C21H21F4N3O3/c1-12(29)27-18(10-13-5-4-7-15(22)9-13)20(31)28-17(19(26)30)11-14-6-2-3-8-16(14)21(23,24)25/h2-9,17-18H,10-11H2,1H3,(H2,26,30)(H,27,29)(H,28,31)/t17-,18+/m1/s1. The van der Waals surface area contributed by atoms with E-state index < -0.39 is 53.8 Å². The van der Waals surface area contributed by atoms with Crippen LogP contribution in [0.2, 0.25) is 0 Å². The minimum atomic E-state index is -4.65. The summed E-state index contributed by atoms with van der Waals surface area (Å²) in [6.45, 7) is 1.16. The van der Waals surface area contributed by atoms with Crippen molar-refractivity contribution < 1.29 is 31.9 Å². The molecule has 2 atom stereocenters. The van der Waals surface area contributed by atoms with Crippen LogP contribution in [0.4, 0.5) is 17.6 Å². The Morgan fingerprint density at radius 2 is 1.65 bits per heavy atom. The van der Waals surface area contributed by atoms with Crippen molar-refractivity contribution >= 4 is 17.7 Å². The molecule has 6 nitrogen and oxygen atoms in total. The number of benzene rings is 2. The summed E-state index contributed by atoms with van der Waals surface area (Å²) in [4.78, 5) is 36.0. The first-order valence-corrected chi connectivity index (χ1v) is 9.23. The molecule has 3 amide bonds. The molecule has 0 unspecified atom stereocenters. The average molecular weight is 439 g/mol. The highest BCUT2D eigenvalue weighted by atomic mass is 19.4. The van der Waals surface area contributed by atoms with Crippen LogP contribution in [0.5, 0.6) is 0 Å². The highest BCUT2D eigenvalue weighted by Crippen LogP contribution is 2.32. The number of hydrogen-bond donors (Lipinski definition) is 3. The summed E-state index contributed by atoms with van der Waals surface area (Å²) in [5.41, 5.74) is 4.52. The van der Waals surface area contributed by atoms with Gasteiger partial charge in [0.2, 0.25) is 17.7 Å². The van der Waals surface area contributed by atoms with E-state index in [1.54, 1.807) is 0 Å². The molecule has 0 spiro atoms. The fourth-order valence-electron chi connectivity index (χ4n) is 3.04. The van der Waals surface area contributed by atoms with Gasteiger partial charge in [0.25, 0.3) is 0 Å². The Morgan fingerprint density at radius 3 is 2.23 bits per heavy atom. The van der Waals surface area contributed by atoms with Crippen LogP contribution in [0.25, 0.3) is 0 Å². The van der Waals surface area contributed by atoms with E-state index in [0.717, 1.165) is 13.0 Å². The van der Waals surface area contributed by atoms with Crippen molar-refractivity contribution in [2.24, 2.45) is 5.73 Å². The monoisotopic (exact) mass is 439 g/mol. The van der Waals surface area contributed by atoms with Crippen molar-refractivity contribution in [3.05, 3.63) is 71.0 Å². The lowest BCUT2D eigenvalue weighted by Crippen LogP contribution is -2.54. The molecule has 2 aromatic rings. The van der Waals surface area contributed by atoms with Gasteiger partial charge in [0.1, 0.15) is 17.9 Å². The van der Waals surface area contributed by atoms with Gasteiger partial charge in [-0.1, -0.05) is 30.3 Å².